The molecule has 8 N–H and O–H groups in total. The molecule has 1 aliphatic heterocycles. The fraction of sp³-hybridized carbons (Fsp3) is 0.737. The molecule has 0 saturated carbocycles. The van der Waals surface area contributed by atoms with Crippen LogP contribution in [0.1, 0.15) is 44.9 Å². The van der Waals surface area contributed by atoms with Gasteiger partial charge in [0.1, 0.15) is 18.1 Å². The van der Waals surface area contributed by atoms with E-state index in [1.54, 1.807) is 0 Å². The summed E-state index contributed by atoms with van der Waals surface area (Å²) in [6.07, 6.45) is 1.90. The quantitative estimate of drug-likeness (QED) is 0.113. The molecular formula is C19H33N5O7S. The molecule has 4 unspecified atom stereocenters. The first-order valence-electron chi connectivity index (χ1n) is 10.5. The van der Waals surface area contributed by atoms with Crippen molar-refractivity contribution in [3.8, 4) is 0 Å². The standard InChI is InChI=1S/C19H33N5O7S/c20-8-2-1-4-12(18(29)24-9-3-5-14(24)19(30)31)22-17(28)13(10-32)23-16(27)11(21)6-7-15(25)26/h11-14,32H,1-10,20-21H2,(H,22,28)(H,23,27)(H,25,26)(H,30,31). The number of carboxylic acids is 2. The first kappa shape index (κ1) is 27.7. The van der Waals surface area contributed by atoms with Gasteiger partial charge in [-0.05, 0) is 45.1 Å². The Morgan fingerprint density at radius 2 is 1.69 bits per heavy atom. The number of carbonyl (C=O) groups is 5. The van der Waals surface area contributed by atoms with Crippen LogP contribution < -0.4 is 22.1 Å². The van der Waals surface area contributed by atoms with Gasteiger partial charge in [0.25, 0.3) is 0 Å². The van der Waals surface area contributed by atoms with E-state index in [9.17, 15) is 29.1 Å². The number of nitrogens with one attached hydrogen (secondary N) is 2. The Bertz CT molecular complexity index is 693. The third-order valence-electron chi connectivity index (χ3n) is 5.20. The Morgan fingerprint density at radius 3 is 2.25 bits per heavy atom. The zero-order valence-electron chi connectivity index (χ0n) is 17.9. The number of nitrogens with zero attached hydrogens (tertiary/aromatic N) is 1. The smallest absolute Gasteiger partial charge is 0.326 e. The van der Waals surface area contributed by atoms with Gasteiger partial charge < -0.3 is 37.2 Å². The van der Waals surface area contributed by atoms with Gasteiger partial charge in [-0.1, -0.05) is 0 Å². The number of thiol groups is 1. The lowest BCUT2D eigenvalue weighted by Gasteiger charge is -2.28. The van der Waals surface area contributed by atoms with Crippen LogP contribution in [0.5, 0.6) is 0 Å². The van der Waals surface area contributed by atoms with E-state index in [1.807, 2.05) is 0 Å². The van der Waals surface area contributed by atoms with E-state index >= 15 is 0 Å². The lowest BCUT2D eigenvalue weighted by atomic mass is 10.1. The van der Waals surface area contributed by atoms with E-state index in [0.29, 0.717) is 32.2 Å². The number of unbranched alkanes of at least 4 members (excludes halogenated alkanes) is 1. The van der Waals surface area contributed by atoms with Gasteiger partial charge >= 0.3 is 11.9 Å². The molecule has 0 radical (unpaired) electrons. The number of hydrogen-bond donors (Lipinski definition) is 7. The molecule has 0 bridgehead atoms. The third kappa shape index (κ3) is 8.63. The maximum Gasteiger partial charge on any atom is 0.326 e. The van der Waals surface area contributed by atoms with E-state index < -0.39 is 53.8 Å². The van der Waals surface area contributed by atoms with E-state index in [1.165, 1.54) is 4.90 Å². The molecular weight excluding hydrogens is 442 g/mol. The Labute approximate surface area is 191 Å². The number of aliphatic carboxylic acids is 2. The van der Waals surface area contributed by atoms with Crippen LogP contribution in [0.15, 0.2) is 0 Å². The summed E-state index contributed by atoms with van der Waals surface area (Å²) >= 11 is 4.07. The van der Waals surface area contributed by atoms with Crippen LogP contribution in [0.3, 0.4) is 0 Å². The summed E-state index contributed by atoms with van der Waals surface area (Å²) in [5.41, 5.74) is 11.2. The number of carboxylic acid groups (broad SMARTS) is 2. The second kappa shape index (κ2) is 13.9. The summed E-state index contributed by atoms with van der Waals surface area (Å²) in [4.78, 5) is 61.3. The highest BCUT2D eigenvalue weighted by atomic mass is 32.1. The monoisotopic (exact) mass is 475 g/mol. The molecule has 1 saturated heterocycles. The highest BCUT2D eigenvalue weighted by molar-refractivity contribution is 7.80. The highest BCUT2D eigenvalue weighted by Crippen LogP contribution is 2.20. The lowest BCUT2D eigenvalue weighted by molar-refractivity contribution is -0.149. The summed E-state index contributed by atoms with van der Waals surface area (Å²) < 4.78 is 0. The van der Waals surface area contributed by atoms with E-state index in [4.69, 9.17) is 16.6 Å². The number of amides is 3. The average Bonchev–Trinajstić information content (AvgIpc) is 3.24. The molecule has 1 rings (SSSR count). The number of nitrogens with two attached hydrogens (primary N) is 2. The van der Waals surface area contributed by atoms with Crippen molar-refractivity contribution < 1.29 is 34.2 Å². The normalized spacial score (nSPS) is 18.5. The van der Waals surface area contributed by atoms with Crippen LogP contribution in [-0.2, 0) is 24.0 Å². The Kier molecular flexibility index (Phi) is 12.0. The summed E-state index contributed by atoms with van der Waals surface area (Å²) in [6, 6.07) is -4.15. The average molecular weight is 476 g/mol. The minimum Gasteiger partial charge on any atom is -0.481 e. The van der Waals surface area contributed by atoms with Crippen LogP contribution in [0.2, 0.25) is 0 Å². The van der Waals surface area contributed by atoms with Gasteiger partial charge in [-0.25, -0.2) is 4.79 Å². The van der Waals surface area contributed by atoms with Crippen molar-refractivity contribution in [2.45, 2.75) is 69.1 Å². The van der Waals surface area contributed by atoms with Gasteiger partial charge in [0.15, 0.2) is 0 Å². The van der Waals surface area contributed by atoms with Crippen LogP contribution in [0, 0.1) is 0 Å². The fourth-order valence-electron chi connectivity index (χ4n) is 3.39. The second-order valence-corrected chi connectivity index (χ2v) is 8.02. The third-order valence-corrected chi connectivity index (χ3v) is 5.57. The minimum absolute atomic E-state index is 0.0889. The predicted molar refractivity (Wildman–Crippen MR) is 118 cm³/mol. The topological polar surface area (TPSA) is 205 Å². The number of carbonyl (C=O) groups excluding carboxylic acids is 3. The summed E-state index contributed by atoms with van der Waals surface area (Å²) in [5, 5.41) is 23.1. The largest absolute Gasteiger partial charge is 0.481 e. The molecule has 0 aromatic rings. The molecule has 1 fully saturated rings. The maximum atomic E-state index is 13.0. The van der Waals surface area contributed by atoms with Crippen molar-refractivity contribution in [1.29, 1.82) is 0 Å². The van der Waals surface area contributed by atoms with E-state index in [-0.39, 0.29) is 31.6 Å². The first-order chi connectivity index (χ1) is 15.1. The van der Waals surface area contributed by atoms with Gasteiger partial charge in [0, 0.05) is 18.7 Å². The van der Waals surface area contributed by atoms with Gasteiger partial charge in [0.05, 0.1) is 6.04 Å². The molecule has 32 heavy (non-hydrogen) atoms. The Morgan fingerprint density at radius 1 is 1.03 bits per heavy atom. The summed E-state index contributed by atoms with van der Waals surface area (Å²) in [7, 11) is 0. The first-order valence-corrected chi connectivity index (χ1v) is 11.2. The fourth-order valence-corrected chi connectivity index (χ4v) is 3.65. The summed E-state index contributed by atoms with van der Waals surface area (Å²) in [5.74, 6) is -4.17. The molecule has 4 atom stereocenters. The maximum absolute atomic E-state index is 13.0. The van der Waals surface area contributed by atoms with E-state index in [2.05, 4.69) is 23.3 Å². The van der Waals surface area contributed by atoms with Crippen molar-refractivity contribution in [2.24, 2.45) is 11.5 Å². The molecule has 13 heteroatoms. The second-order valence-electron chi connectivity index (χ2n) is 7.66. The van der Waals surface area contributed by atoms with Crippen molar-refractivity contribution in [1.82, 2.24) is 15.5 Å². The molecule has 12 nitrogen and oxygen atoms in total. The molecule has 0 spiro atoms. The molecule has 0 aliphatic carbocycles. The van der Waals surface area contributed by atoms with Gasteiger partial charge in [-0.15, -0.1) is 0 Å². The zero-order chi connectivity index (χ0) is 24.3. The van der Waals surface area contributed by atoms with Gasteiger partial charge in [-0.3, -0.25) is 19.2 Å². The van der Waals surface area contributed by atoms with Crippen molar-refractivity contribution in [2.75, 3.05) is 18.8 Å². The van der Waals surface area contributed by atoms with Crippen LogP contribution >= 0.6 is 12.6 Å². The number of hydrogen-bond acceptors (Lipinski definition) is 8. The lowest BCUT2D eigenvalue weighted by Crippen LogP contribution is -2.57. The van der Waals surface area contributed by atoms with Crippen molar-refractivity contribution >= 4 is 42.3 Å². The molecule has 1 heterocycles. The number of rotatable bonds is 14. The highest BCUT2D eigenvalue weighted by Gasteiger charge is 2.38. The summed E-state index contributed by atoms with van der Waals surface area (Å²) in [6.45, 7) is 0.685. The molecule has 3 amide bonds. The molecule has 182 valence electrons. The van der Waals surface area contributed by atoms with E-state index in [0.717, 1.165) is 0 Å². The van der Waals surface area contributed by atoms with Crippen molar-refractivity contribution in [3.63, 3.8) is 0 Å². The minimum atomic E-state index is -1.12. The molecule has 1 aliphatic rings. The zero-order valence-corrected chi connectivity index (χ0v) is 18.8. The van der Waals surface area contributed by atoms with Gasteiger partial charge in [0.2, 0.25) is 17.7 Å². The number of likely N-dealkylation sites (tertiary alicyclic amines) is 1. The Hall–Kier alpha value is -2.38. The van der Waals surface area contributed by atoms with Crippen LogP contribution in [0.25, 0.3) is 0 Å². The Balaban J connectivity index is 2.84. The molecule has 0 aromatic carbocycles. The SMILES string of the molecule is NCCCCC(NC(=O)C(CS)NC(=O)C(N)CCC(=O)O)C(=O)N1CCCC1C(=O)O. The van der Waals surface area contributed by atoms with Crippen molar-refractivity contribution in [3.05, 3.63) is 0 Å². The van der Waals surface area contributed by atoms with Crippen LogP contribution in [-0.4, -0.2) is 87.8 Å². The van der Waals surface area contributed by atoms with Crippen LogP contribution in [0.4, 0.5) is 0 Å². The predicted octanol–water partition coefficient (Wildman–Crippen LogP) is -1.72. The molecule has 0 aromatic heterocycles. The van der Waals surface area contributed by atoms with Gasteiger partial charge in [-0.2, -0.15) is 12.6 Å².